The number of aromatic amines is 1. The van der Waals surface area contributed by atoms with Crippen LogP contribution in [0.2, 0.25) is 0 Å². The SMILES string of the molecule is O=C(O)c1cccc(N=Cc2c(O)[nH]c(=O)c3ccccc23)c1. The number of hydrogen-bond donors (Lipinski definition) is 3. The Balaban J connectivity index is 2.10. The van der Waals surface area contributed by atoms with Gasteiger partial charge in [-0.2, -0.15) is 0 Å². The van der Waals surface area contributed by atoms with E-state index in [1.807, 2.05) is 0 Å². The minimum absolute atomic E-state index is 0.121. The molecule has 6 nitrogen and oxygen atoms in total. The Morgan fingerprint density at radius 2 is 1.83 bits per heavy atom. The first-order valence-corrected chi connectivity index (χ1v) is 6.77. The van der Waals surface area contributed by atoms with E-state index in [1.54, 1.807) is 36.4 Å². The Morgan fingerprint density at radius 1 is 1.09 bits per heavy atom. The summed E-state index contributed by atoms with van der Waals surface area (Å²) in [4.78, 5) is 29.3. The number of hydrogen-bond acceptors (Lipinski definition) is 4. The predicted molar refractivity (Wildman–Crippen MR) is 86.9 cm³/mol. The van der Waals surface area contributed by atoms with Gasteiger partial charge in [0.1, 0.15) is 0 Å². The van der Waals surface area contributed by atoms with Crippen molar-refractivity contribution in [2.75, 3.05) is 0 Å². The number of rotatable bonds is 3. The molecule has 0 amide bonds. The normalized spacial score (nSPS) is 11.1. The molecule has 0 aliphatic carbocycles. The van der Waals surface area contributed by atoms with E-state index in [4.69, 9.17) is 5.11 Å². The quantitative estimate of drug-likeness (QED) is 0.647. The Bertz CT molecular complexity index is 989. The average Bonchev–Trinajstić information content (AvgIpc) is 2.55. The maximum absolute atomic E-state index is 11.8. The minimum Gasteiger partial charge on any atom is -0.494 e. The summed E-state index contributed by atoms with van der Waals surface area (Å²) in [5.74, 6) is -1.33. The van der Waals surface area contributed by atoms with Crippen molar-refractivity contribution in [3.63, 3.8) is 0 Å². The Labute approximate surface area is 130 Å². The van der Waals surface area contributed by atoms with Crippen molar-refractivity contribution in [1.82, 2.24) is 4.98 Å². The number of nitrogens with zero attached hydrogens (tertiary/aromatic N) is 1. The van der Waals surface area contributed by atoms with Crippen LogP contribution < -0.4 is 5.56 Å². The lowest BCUT2D eigenvalue weighted by Crippen LogP contribution is -2.07. The minimum atomic E-state index is -1.04. The third kappa shape index (κ3) is 2.82. The fourth-order valence-electron chi connectivity index (χ4n) is 2.27. The molecule has 0 aliphatic rings. The first-order chi connectivity index (χ1) is 11.1. The number of aromatic hydroxyl groups is 1. The molecule has 6 heteroatoms. The molecule has 2 aromatic carbocycles. The fraction of sp³-hybridized carbons (Fsp3) is 0. The zero-order chi connectivity index (χ0) is 16.4. The third-order valence-electron chi connectivity index (χ3n) is 3.38. The van der Waals surface area contributed by atoms with Gasteiger partial charge in [0.15, 0.2) is 0 Å². The smallest absolute Gasteiger partial charge is 0.335 e. The zero-order valence-electron chi connectivity index (χ0n) is 11.9. The summed E-state index contributed by atoms with van der Waals surface area (Å²) in [6.07, 6.45) is 1.40. The van der Waals surface area contributed by atoms with Crippen LogP contribution in [0.25, 0.3) is 10.8 Å². The summed E-state index contributed by atoms with van der Waals surface area (Å²) in [6.45, 7) is 0. The molecule has 3 rings (SSSR count). The second-order valence-corrected chi connectivity index (χ2v) is 4.88. The monoisotopic (exact) mass is 308 g/mol. The molecule has 0 saturated heterocycles. The van der Waals surface area contributed by atoms with Crippen LogP contribution in [0.3, 0.4) is 0 Å². The molecule has 23 heavy (non-hydrogen) atoms. The molecule has 1 aromatic heterocycles. The highest BCUT2D eigenvalue weighted by Gasteiger charge is 2.08. The van der Waals surface area contributed by atoms with E-state index in [-0.39, 0.29) is 17.0 Å². The van der Waals surface area contributed by atoms with Gasteiger partial charge in [-0.1, -0.05) is 24.3 Å². The third-order valence-corrected chi connectivity index (χ3v) is 3.38. The molecule has 3 N–H and O–H groups in total. The van der Waals surface area contributed by atoms with Gasteiger partial charge in [0, 0.05) is 17.0 Å². The highest BCUT2D eigenvalue weighted by Crippen LogP contribution is 2.22. The van der Waals surface area contributed by atoms with E-state index in [9.17, 15) is 14.7 Å². The number of aliphatic imine (C=N–C) groups is 1. The van der Waals surface area contributed by atoms with Gasteiger partial charge in [-0.05, 0) is 24.3 Å². The van der Waals surface area contributed by atoms with Gasteiger partial charge in [-0.25, -0.2) is 4.79 Å². The Kier molecular flexibility index (Phi) is 3.64. The number of carboxylic acids is 1. The Hall–Kier alpha value is -3.41. The second-order valence-electron chi connectivity index (χ2n) is 4.88. The van der Waals surface area contributed by atoms with Crippen molar-refractivity contribution in [1.29, 1.82) is 0 Å². The highest BCUT2D eigenvalue weighted by atomic mass is 16.4. The fourth-order valence-corrected chi connectivity index (χ4v) is 2.27. The van der Waals surface area contributed by atoms with E-state index in [2.05, 4.69) is 9.98 Å². The van der Waals surface area contributed by atoms with Crippen molar-refractivity contribution >= 4 is 28.6 Å². The molecule has 0 saturated carbocycles. The number of carbonyl (C=O) groups is 1. The summed E-state index contributed by atoms with van der Waals surface area (Å²) >= 11 is 0. The first kappa shape index (κ1) is 14.5. The van der Waals surface area contributed by atoms with Crippen molar-refractivity contribution in [3.05, 3.63) is 70.0 Å². The summed E-state index contributed by atoms with van der Waals surface area (Å²) in [5, 5.41) is 19.9. The van der Waals surface area contributed by atoms with Crippen LogP contribution in [0.4, 0.5) is 5.69 Å². The van der Waals surface area contributed by atoms with E-state index in [0.29, 0.717) is 22.0 Å². The molecule has 0 atom stereocenters. The van der Waals surface area contributed by atoms with Gasteiger partial charge >= 0.3 is 5.97 Å². The molecule has 0 radical (unpaired) electrons. The van der Waals surface area contributed by atoms with Gasteiger partial charge in [0.25, 0.3) is 5.56 Å². The number of carboxylic acid groups (broad SMARTS) is 1. The van der Waals surface area contributed by atoms with Crippen LogP contribution in [-0.2, 0) is 0 Å². The van der Waals surface area contributed by atoms with Crippen LogP contribution in [0.1, 0.15) is 15.9 Å². The van der Waals surface area contributed by atoms with E-state index < -0.39 is 5.97 Å². The first-order valence-electron chi connectivity index (χ1n) is 6.77. The molecule has 114 valence electrons. The molecule has 0 bridgehead atoms. The molecular weight excluding hydrogens is 296 g/mol. The topological polar surface area (TPSA) is 103 Å². The number of H-pyrrole nitrogens is 1. The van der Waals surface area contributed by atoms with Crippen molar-refractivity contribution in [3.8, 4) is 5.88 Å². The second kappa shape index (κ2) is 5.76. The highest BCUT2D eigenvalue weighted by molar-refractivity contribution is 6.02. The number of fused-ring (bicyclic) bond motifs is 1. The lowest BCUT2D eigenvalue weighted by molar-refractivity contribution is 0.0697. The molecule has 3 aromatic rings. The molecule has 0 fully saturated rings. The van der Waals surface area contributed by atoms with Crippen LogP contribution in [0.15, 0.2) is 58.3 Å². The van der Waals surface area contributed by atoms with E-state index >= 15 is 0 Å². The molecular formula is C17H12N2O4. The molecule has 0 unspecified atom stereocenters. The number of benzene rings is 2. The van der Waals surface area contributed by atoms with Crippen LogP contribution in [-0.4, -0.2) is 27.4 Å². The summed E-state index contributed by atoms with van der Waals surface area (Å²) in [7, 11) is 0. The summed E-state index contributed by atoms with van der Waals surface area (Å²) in [5.41, 5.74) is 0.527. The van der Waals surface area contributed by atoms with Gasteiger partial charge in [0.2, 0.25) is 5.88 Å². The van der Waals surface area contributed by atoms with Crippen molar-refractivity contribution in [2.24, 2.45) is 4.99 Å². The summed E-state index contributed by atoms with van der Waals surface area (Å²) in [6, 6.07) is 13.0. The summed E-state index contributed by atoms with van der Waals surface area (Å²) < 4.78 is 0. The number of aromatic carboxylic acids is 1. The molecule has 1 heterocycles. The largest absolute Gasteiger partial charge is 0.494 e. The van der Waals surface area contributed by atoms with Crippen LogP contribution in [0.5, 0.6) is 5.88 Å². The lowest BCUT2D eigenvalue weighted by Gasteiger charge is -2.04. The standard InChI is InChI=1S/C17H12N2O4/c20-15-13-7-2-1-6-12(13)14(16(21)19-15)9-18-11-5-3-4-10(8-11)17(22)23/h1-9H,(H,22,23)(H2,19,20,21). The van der Waals surface area contributed by atoms with Gasteiger partial charge < -0.3 is 10.2 Å². The average molecular weight is 308 g/mol. The van der Waals surface area contributed by atoms with Gasteiger partial charge in [-0.15, -0.1) is 0 Å². The molecule has 0 spiro atoms. The van der Waals surface area contributed by atoms with Gasteiger partial charge in [0.05, 0.1) is 16.8 Å². The van der Waals surface area contributed by atoms with Gasteiger partial charge in [-0.3, -0.25) is 14.8 Å². The van der Waals surface area contributed by atoms with Crippen LogP contribution in [0, 0.1) is 0 Å². The Morgan fingerprint density at radius 3 is 2.57 bits per heavy atom. The van der Waals surface area contributed by atoms with Crippen LogP contribution >= 0.6 is 0 Å². The molecule has 0 aliphatic heterocycles. The number of pyridine rings is 1. The maximum Gasteiger partial charge on any atom is 0.335 e. The zero-order valence-corrected chi connectivity index (χ0v) is 11.9. The van der Waals surface area contributed by atoms with E-state index in [1.165, 1.54) is 18.3 Å². The maximum atomic E-state index is 11.8. The lowest BCUT2D eigenvalue weighted by atomic mass is 10.1. The van der Waals surface area contributed by atoms with Crippen molar-refractivity contribution < 1.29 is 15.0 Å². The predicted octanol–water partition coefficient (Wildman–Crippen LogP) is 2.68. The van der Waals surface area contributed by atoms with Crippen molar-refractivity contribution in [2.45, 2.75) is 0 Å². The van der Waals surface area contributed by atoms with E-state index in [0.717, 1.165) is 0 Å². The number of aromatic nitrogens is 1. The number of nitrogens with one attached hydrogen (secondary N) is 1.